The standard InChI is InChI=1S/C17H16N4OS2/c1-2-9-21-16(14-8-5-10-23-14)19-20-17(21)24-11-12-6-3-4-7-13(12)15(18)22/h2-8,10H,1,9,11H2,(H2,18,22). The highest BCUT2D eigenvalue weighted by atomic mass is 32.2. The number of carbonyl (C=O) groups is 1. The van der Waals surface area contributed by atoms with E-state index >= 15 is 0 Å². The van der Waals surface area contributed by atoms with Gasteiger partial charge in [0, 0.05) is 17.9 Å². The molecule has 3 rings (SSSR count). The van der Waals surface area contributed by atoms with Crippen LogP contribution in [0.25, 0.3) is 10.7 Å². The minimum atomic E-state index is -0.418. The molecule has 0 aliphatic rings. The number of hydrogen-bond donors (Lipinski definition) is 1. The number of rotatable bonds is 7. The van der Waals surface area contributed by atoms with Gasteiger partial charge in [0.2, 0.25) is 5.91 Å². The van der Waals surface area contributed by atoms with Gasteiger partial charge in [0.15, 0.2) is 11.0 Å². The third kappa shape index (κ3) is 3.42. The molecule has 2 heterocycles. The van der Waals surface area contributed by atoms with E-state index in [9.17, 15) is 4.79 Å². The average molecular weight is 356 g/mol. The predicted octanol–water partition coefficient (Wildman–Crippen LogP) is 3.58. The van der Waals surface area contributed by atoms with Crippen LogP contribution in [0.5, 0.6) is 0 Å². The molecule has 0 spiro atoms. The highest BCUT2D eigenvalue weighted by Gasteiger charge is 2.15. The first-order chi connectivity index (χ1) is 11.7. The summed E-state index contributed by atoms with van der Waals surface area (Å²) in [6.45, 7) is 4.44. The molecule has 2 aromatic heterocycles. The van der Waals surface area contributed by atoms with Crippen LogP contribution in [0.2, 0.25) is 0 Å². The second kappa shape index (κ2) is 7.46. The van der Waals surface area contributed by atoms with Crippen LogP contribution in [0.4, 0.5) is 0 Å². The van der Waals surface area contributed by atoms with Crippen LogP contribution in [-0.4, -0.2) is 20.7 Å². The molecule has 1 amide bonds. The third-order valence-corrected chi connectivity index (χ3v) is 5.29. The summed E-state index contributed by atoms with van der Waals surface area (Å²) in [5.41, 5.74) is 6.87. The molecular formula is C17H16N4OS2. The molecule has 0 fully saturated rings. The first-order valence-corrected chi connectivity index (χ1v) is 9.15. The van der Waals surface area contributed by atoms with Crippen LogP contribution in [0.15, 0.2) is 59.6 Å². The van der Waals surface area contributed by atoms with Crippen LogP contribution >= 0.6 is 23.1 Å². The molecule has 0 atom stereocenters. The van der Waals surface area contributed by atoms with Gasteiger partial charge in [-0.2, -0.15) is 0 Å². The number of nitrogens with two attached hydrogens (primary N) is 1. The summed E-state index contributed by atoms with van der Waals surface area (Å²) in [6.07, 6.45) is 1.82. The Morgan fingerprint density at radius 2 is 2.12 bits per heavy atom. The number of carbonyl (C=O) groups excluding carboxylic acids is 1. The monoisotopic (exact) mass is 356 g/mol. The van der Waals surface area contributed by atoms with Gasteiger partial charge >= 0.3 is 0 Å². The lowest BCUT2D eigenvalue weighted by Crippen LogP contribution is -2.13. The maximum absolute atomic E-state index is 11.5. The maximum Gasteiger partial charge on any atom is 0.249 e. The first-order valence-electron chi connectivity index (χ1n) is 7.29. The fourth-order valence-corrected chi connectivity index (χ4v) is 3.98. The number of nitrogens with zero attached hydrogens (tertiary/aromatic N) is 3. The van der Waals surface area contributed by atoms with Crippen molar-refractivity contribution in [3.05, 3.63) is 65.6 Å². The molecule has 0 aliphatic carbocycles. The molecule has 3 aromatic rings. The Kier molecular flexibility index (Phi) is 5.12. The van der Waals surface area contributed by atoms with Gasteiger partial charge in [-0.15, -0.1) is 28.1 Å². The van der Waals surface area contributed by atoms with E-state index in [1.165, 1.54) is 11.8 Å². The molecule has 1 aromatic carbocycles. The lowest BCUT2D eigenvalue weighted by molar-refractivity contribution is 0.0999. The van der Waals surface area contributed by atoms with Gasteiger partial charge in [0.05, 0.1) is 4.88 Å². The number of thioether (sulfide) groups is 1. The molecule has 5 nitrogen and oxygen atoms in total. The van der Waals surface area contributed by atoms with Crippen LogP contribution < -0.4 is 5.73 Å². The van der Waals surface area contributed by atoms with Crippen LogP contribution in [0.1, 0.15) is 15.9 Å². The summed E-state index contributed by atoms with van der Waals surface area (Å²) in [7, 11) is 0. The highest BCUT2D eigenvalue weighted by molar-refractivity contribution is 7.98. The smallest absolute Gasteiger partial charge is 0.249 e. The molecule has 2 N–H and O–H groups in total. The summed E-state index contributed by atoms with van der Waals surface area (Å²) < 4.78 is 2.02. The number of amides is 1. The van der Waals surface area contributed by atoms with Gasteiger partial charge < -0.3 is 5.73 Å². The van der Waals surface area contributed by atoms with Gasteiger partial charge in [-0.25, -0.2) is 0 Å². The molecule has 7 heteroatoms. The first kappa shape index (κ1) is 16.5. The van der Waals surface area contributed by atoms with Gasteiger partial charge in [-0.1, -0.05) is 42.1 Å². The lowest BCUT2D eigenvalue weighted by atomic mass is 10.1. The number of benzene rings is 1. The van der Waals surface area contributed by atoms with E-state index < -0.39 is 5.91 Å². The second-order valence-electron chi connectivity index (χ2n) is 4.99. The molecule has 0 saturated carbocycles. The van der Waals surface area contributed by atoms with Crippen LogP contribution in [0.3, 0.4) is 0 Å². The highest BCUT2D eigenvalue weighted by Crippen LogP contribution is 2.29. The quantitative estimate of drug-likeness (QED) is 0.519. The number of primary amides is 1. The van der Waals surface area contributed by atoms with E-state index in [0.717, 1.165) is 21.4 Å². The Hall–Kier alpha value is -2.38. The molecular weight excluding hydrogens is 340 g/mol. The third-order valence-electron chi connectivity index (χ3n) is 3.41. The number of aromatic nitrogens is 3. The van der Waals surface area contributed by atoms with Crippen molar-refractivity contribution in [1.29, 1.82) is 0 Å². The Balaban J connectivity index is 1.86. The van der Waals surface area contributed by atoms with Crippen LogP contribution in [0, 0.1) is 0 Å². The molecule has 0 saturated heterocycles. The zero-order valence-electron chi connectivity index (χ0n) is 12.9. The summed E-state index contributed by atoms with van der Waals surface area (Å²) in [4.78, 5) is 12.6. The van der Waals surface area contributed by atoms with Crippen molar-refractivity contribution in [2.75, 3.05) is 0 Å². The number of thiophene rings is 1. The maximum atomic E-state index is 11.5. The Labute approximate surface area is 148 Å². The molecule has 0 radical (unpaired) electrons. The second-order valence-corrected chi connectivity index (χ2v) is 6.88. The normalized spacial score (nSPS) is 10.7. The number of hydrogen-bond acceptors (Lipinski definition) is 5. The zero-order valence-corrected chi connectivity index (χ0v) is 14.5. The zero-order chi connectivity index (χ0) is 16.9. The van der Waals surface area contributed by atoms with Crippen molar-refractivity contribution in [2.45, 2.75) is 17.5 Å². The summed E-state index contributed by atoms with van der Waals surface area (Å²) >= 11 is 3.15. The van der Waals surface area contributed by atoms with E-state index in [0.29, 0.717) is 17.9 Å². The van der Waals surface area contributed by atoms with Gasteiger partial charge in [-0.3, -0.25) is 9.36 Å². The Morgan fingerprint density at radius 1 is 1.29 bits per heavy atom. The van der Waals surface area contributed by atoms with E-state index in [1.54, 1.807) is 17.4 Å². The van der Waals surface area contributed by atoms with Crippen molar-refractivity contribution >= 4 is 29.0 Å². The van der Waals surface area contributed by atoms with Gasteiger partial charge in [0.1, 0.15) is 0 Å². The average Bonchev–Trinajstić information content (AvgIpc) is 3.23. The van der Waals surface area contributed by atoms with Crippen molar-refractivity contribution in [2.24, 2.45) is 5.73 Å². The number of allylic oxidation sites excluding steroid dienone is 1. The fourth-order valence-electron chi connectivity index (χ4n) is 2.31. The fraction of sp³-hybridized carbons (Fsp3) is 0.118. The summed E-state index contributed by atoms with van der Waals surface area (Å²) in [5, 5.41) is 11.4. The lowest BCUT2D eigenvalue weighted by Gasteiger charge is -2.08. The molecule has 24 heavy (non-hydrogen) atoms. The largest absolute Gasteiger partial charge is 0.366 e. The van der Waals surface area contributed by atoms with Gasteiger partial charge in [-0.05, 0) is 23.1 Å². The Morgan fingerprint density at radius 3 is 2.83 bits per heavy atom. The van der Waals surface area contributed by atoms with Gasteiger partial charge in [0.25, 0.3) is 0 Å². The SMILES string of the molecule is C=CCn1c(SCc2ccccc2C(N)=O)nnc1-c1cccs1. The van der Waals surface area contributed by atoms with E-state index in [4.69, 9.17) is 5.73 Å². The summed E-state index contributed by atoms with van der Waals surface area (Å²) in [6, 6.07) is 11.4. The van der Waals surface area contributed by atoms with E-state index in [1.807, 2.05) is 46.4 Å². The van der Waals surface area contributed by atoms with Crippen molar-refractivity contribution in [3.8, 4) is 10.7 Å². The van der Waals surface area contributed by atoms with E-state index in [-0.39, 0.29) is 0 Å². The minimum absolute atomic E-state index is 0.418. The molecule has 0 aliphatic heterocycles. The molecule has 122 valence electrons. The Bertz CT molecular complexity index is 855. The minimum Gasteiger partial charge on any atom is -0.366 e. The topological polar surface area (TPSA) is 73.8 Å². The summed E-state index contributed by atoms with van der Waals surface area (Å²) in [5.74, 6) is 1.01. The van der Waals surface area contributed by atoms with Crippen molar-refractivity contribution < 1.29 is 4.79 Å². The molecule has 0 bridgehead atoms. The van der Waals surface area contributed by atoms with Crippen molar-refractivity contribution in [1.82, 2.24) is 14.8 Å². The van der Waals surface area contributed by atoms with Crippen LogP contribution in [-0.2, 0) is 12.3 Å². The van der Waals surface area contributed by atoms with Crippen molar-refractivity contribution in [3.63, 3.8) is 0 Å². The predicted molar refractivity (Wildman–Crippen MR) is 98.1 cm³/mol. The molecule has 0 unspecified atom stereocenters. The van der Waals surface area contributed by atoms with E-state index in [2.05, 4.69) is 16.8 Å².